The van der Waals surface area contributed by atoms with Crippen molar-refractivity contribution < 1.29 is 19.0 Å². The predicted octanol–water partition coefficient (Wildman–Crippen LogP) is 5.36. The highest BCUT2D eigenvalue weighted by Gasteiger charge is 2.19. The molecule has 0 amide bonds. The Balaban J connectivity index is 2.29. The zero-order chi connectivity index (χ0) is 20.0. The van der Waals surface area contributed by atoms with E-state index in [-0.39, 0.29) is 23.2 Å². The van der Waals surface area contributed by atoms with Gasteiger partial charge in [-0.05, 0) is 65.7 Å². The monoisotopic (exact) mass is 372 g/mol. The van der Waals surface area contributed by atoms with E-state index < -0.39 is 5.63 Å². The number of ether oxygens (including phenoxy) is 2. The molecule has 0 fully saturated rings. The van der Waals surface area contributed by atoms with Crippen LogP contribution in [0, 0.1) is 0 Å². The molecule has 1 N–H and O–H groups in total. The molecule has 27 heavy (non-hydrogen) atoms. The van der Waals surface area contributed by atoms with E-state index in [4.69, 9.17) is 13.9 Å². The van der Waals surface area contributed by atoms with E-state index >= 15 is 0 Å². The van der Waals surface area contributed by atoms with Gasteiger partial charge < -0.3 is 19.0 Å². The second-order valence-electron chi connectivity index (χ2n) is 7.08. The Morgan fingerprint density at radius 2 is 1.93 bits per heavy atom. The van der Waals surface area contributed by atoms with E-state index in [0.29, 0.717) is 17.7 Å². The number of phenolic OH excluding ortho intramolecular Hbond substituents is 1. The van der Waals surface area contributed by atoms with Crippen LogP contribution >= 0.6 is 0 Å². The van der Waals surface area contributed by atoms with Gasteiger partial charge in [0.25, 0.3) is 0 Å². The molecule has 0 unspecified atom stereocenters. The highest BCUT2D eigenvalue weighted by atomic mass is 16.5. The van der Waals surface area contributed by atoms with Crippen molar-refractivity contribution in [1.29, 1.82) is 0 Å². The van der Waals surface area contributed by atoms with Crippen LogP contribution in [0.15, 0.2) is 50.7 Å². The average molecular weight is 372 g/mol. The lowest BCUT2D eigenvalue weighted by atomic mass is 10.1. The molecule has 5 heteroatoms. The van der Waals surface area contributed by atoms with Crippen molar-refractivity contribution in [3.63, 3.8) is 0 Å². The summed E-state index contributed by atoms with van der Waals surface area (Å²) in [6.45, 7) is 10.2. The number of allylic oxidation sites excluding steroid dienone is 3. The van der Waals surface area contributed by atoms with E-state index in [1.807, 2.05) is 19.9 Å². The van der Waals surface area contributed by atoms with Gasteiger partial charge in [0.2, 0.25) is 5.75 Å². The summed E-state index contributed by atoms with van der Waals surface area (Å²) in [5.41, 5.74) is 2.15. The summed E-state index contributed by atoms with van der Waals surface area (Å²) in [5.74, 6) is 0.409. The zero-order valence-electron chi connectivity index (χ0n) is 16.7. The molecular formula is C22H28O5. The molecule has 0 aliphatic carbocycles. The SMILES string of the molecule is CC(C)=CCCC(C)=CCOc1c(OC(C)C)c(=O)oc2cc(O)ccc12. The quantitative estimate of drug-likeness (QED) is 0.499. The summed E-state index contributed by atoms with van der Waals surface area (Å²) in [6.07, 6.45) is 5.94. The fourth-order valence-electron chi connectivity index (χ4n) is 2.58. The van der Waals surface area contributed by atoms with Crippen LogP contribution < -0.4 is 15.1 Å². The van der Waals surface area contributed by atoms with Gasteiger partial charge in [-0.25, -0.2) is 4.79 Å². The van der Waals surface area contributed by atoms with Crippen molar-refractivity contribution in [2.75, 3.05) is 6.61 Å². The Bertz CT molecular complexity index is 899. The third kappa shape index (κ3) is 5.91. The predicted molar refractivity (Wildman–Crippen MR) is 108 cm³/mol. The Labute approximate surface area is 159 Å². The highest BCUT2D eigenvalue weighted by molar-refractivity contribution is 5.86. The van der Waals surface area contributed by atoms with Crippen LogP contribution in [-0.2, 0) is 0 Å². The summed E-state index contributed by atoms with van der Waals surface area (Å²) >= 11 is 0. The van der Waals surface area contributed by atoms with Gasteiger partial charge in [-0.2, -0.15) is 0 Å². The minimum atomic E-state index is -0.624. The molecule has 2 aromatic rings. The Hall–Kier alpha value is -2.69. The molecule has 2 rings (SSSR count). The first-order chi connectivity index (χ1) is 12.8. The standard InChI is InChI=1S/C22H28O5/c1-14(2)7-6-8-16(5)11-12-25-20-18-10-9-17(23)13-19(18)27-22(24)21(20)26-15(3)4/h7,9-11,13,15,23H,6,8,12H2,1-5H3. The molecule has 0 bridgehead atoms. The number of rotatable bonds is 8. The van der Waals surface area contributed by atoms with E-state index in [2.05, 4.69) is 26.8 Å². The second-order valence-corrected chi connectivity index (χ2v) is 7.08. The van der Waals surface area contributed by atoms with Crippen LogP contribution in [0.5, 0.6) is 17.2 Å². The van der Waals surface area contributed by atoms with Crippen molar-refractivity contribution in [2.24, 2.45) is 0 Å². The van der Waals surface area contributed by atoms with E-state index in [1.54, 1.807) is 6.07 Å². The fraction of sp³-hybridized carbons (Fsp3) is 0.409. The third-order valence-corrected chi connectivity index (χ3v) is 3.91. The summed E-state index contributed by atoms with van der Waals surface area (Å²) in [5, 5.41) is 10.2. The lowest BCUT2D eigenvalue weighted by Crippen LogP contribution is -2.15. The maximum atomic E-state index is 12.3. The zero-order valence-corrected chi connectivity index (χ0v) is 16.7. The van der Waals surface area contributed by atoms with Crippen LogP contribution in [0.3, 0.4) is 0 Å². The first-order valence-corrected chi connectivity index (χ1v) is 9.16. The third-order valence-electron chi connectivity index (χ3n) is 3.91. The van der Waals surface area contributed by atoms with Crippen molar-refractivity contribution in [3.8, 4) is 17.2 Å². The second kappa shape index (κ2) is 9.31. The fourth-order valence-corrected chi connectivity index (χ4v) is 2.58. The molecule has 0 radical (unpaired) electrons. The molecule has 0 aliphatic rings. The molecule has 0 saturated carbocycles. The van der Waals surface area contributed by atoms with E-state index in [9.17, 15) is 9.90 Å². The highest BCUT2D eigenvalue weighted by Crippen LogP contribution is 2.34. The smallest absolute Gasteiger partial charge is 0.383 e. The number of hydrogen-bond acceptors (Lipinski definition) is 5. The lowest BCUT2D eigenvalue weighted by Gasteiger charge is -2.15. The van der Waals surface area contributed by atoms with Gasteiger partial charge >= 0.3 is 5.63 Å². The number of aromatic hydroxyl groups is 1. The normalized spacial score (nSPS) is 11.7. The number of benzene rings is 1. The molecular weight excluding hydrogens is 344 g/mol. The Kier molecular flexibility index (Phi) is 7.11. The van der Waals surface area contributed by atoms with E-state index in [1.165, 1.54) is 23.3 Å². The molecule has 0 spiro atoms. The van der Waals surface area contributed by atoms with Gasteiger partial charge in [0.1, 0.15) is 17.9 Å². The minimum Gasteiger partial charge on any atom is -0.508 e. The van der Waals surface area contributed by atoms with Crippen molar-refractivity contribution >= 4 is 11.0 Å². The first-order valence-electron chi connectivity index (χ1n) is 9.16. The molecule has 146 valence electrons. The van der Waals surface area contributed by atoms with Crippen LogP contribution in [0.4, 0.5) is 0 Å². The van der Waals surface area contributed by atoms with Gasteiger partial charge in [-0.15, -0.1) is 0 Å². The maximum absolute atomic E-state index is 12.3. The molecule has 0 saturated heterocycles. The van der Waals surface area contributed by atoms with Gasteiger partial charge in [0.15, 0.2) is 5.75 Å². The Morgan fingerprint density at radius 3 is 2.59 bits per heavy atom. The summed E-state index contributed by atoms with van der Waals surface area (Å²) in [4.78, 5) is 12.3. The summed E-state index contributed by atoms with van der Waals surface area (Å²) in [7, 11) is 0. The van der Waals surface area contributed by atoms with Gasteiger partial charge in [-0.3, -0.25) is 0 Å². The van der Waals surface area contributed by atoms with Crippen molar-refractivity contribution in [3.05, 3.63) is 51.9 Å². The van der Waals surface area contributed by atoms with Crippen molar-refractivity contribution in [1.82, 2.24) is 0 Å². The molecule has 1 aromatic heterocycles. The van der Waals surface area contributed by atoms with Gasteiger partial charge in [0.05, 0.1) is 11.5 Å². The van der Waals surface area contributed by atoms with Crippen LogP contribution in [0.1, 0.15) is 47.5 Å². The lowest BCUT2D eigenvalue weighted by molar-refractivity contribution is 0.216. The molecule has 5 nitrogen and oxygen atoms in total. The number of phenols is 1. The largest absolute Gasteiger partial charge is 0.508 e. The maximum Gasteiger partial charge on any atom is 0.383 e. The van der Waals surface area contributed by atoms with Crippen LogP contribution in [0.25, 0.3) is 11.0 Å². The van der Waals surface area contributed by atoms with Crippen LogP contribution in [0.2, 0.25) is 0 Å². The number of hydrogen-bond donors (Lipinski definition) is 1. The van der Waals surface area contributed by atoms with Gasteiger partial charge in [0, 0.05) is 6.07 Å². The van der Waals surface area contributed by atoms with Gasteiger partial charge in [-0.1, -0.05) is 17.2 Å². The van der Waals surface area contributed by atoms with E-state index in [0.717, 1.165) is 12.8 Å². The molecule has 0 atom stereocenters. The Morgan fingerprint density at radius 1 is 1.19 bits per heavy atom. The average Bonchev–Trinajstić information content (AvgIpc) is 2.56. The first kappa shape index (κ1) is 20.6. The van der Waals surface area contributed by atoms with Crippen molar-refractivity contribution in [2.45, 2.75) is 53.6 Å². The summed E-state index contributed by atoms with van der Waals surface area (Å²) < 4.78 is 16.8. The summed E-state index contributed by atoms with van der Waals surface area (Å²) in [6, 6.07) is 4.57. The van der Waals surface area contributed by atoms with Crippen LogP contribution in [-0.4, -0.2) is 17.8 Å². The number of fused-ring (bicyclic) bond motifs is 1. The molecule has 1 aromatic carbocycles. The topological polar surface area (TPSA) is 68.9 Å². The molecule has 0 aliphatic heterocycles. The molecule has 1 heterocycles. The minimum absolute atomic E-state index is 0.0177.